The number of hydrogen-bond donors (Lipinski definition) is 2. The SMILES string of the molecule is O=C(O)Cc1ccc(NC(=O)c2ccccc2SCC(=O)N2CCCC2)cc1. The molecule has 0 aromatic heterocycles. The molecule has 0 radical (unpaired) electrons. The molecule has 3 rings (SSSR count). The Morgan fingerprint density at radius 1 is 1.00 bits per heavy atom. The standard InChI is InChI=1S/C21H22N2O4S/c24-19(23-11-3-4-12-23)14-28-18-6-2-1-5-17(18)21(27)22-16-9-7-15(8-10-16)13-20(25)26/h1-2,5-10H,3-4,11-14H2,(H,22,27)(H,25,26). The number of anilines is 1. The molecule has 1 fully saturated rings. The first kappa shape index (κ1) is 19.9. The maximum Gasteiger partial charge on any atom is 0.307 e. The summed E-state index contributed by atoms with van der Waals surface area (Å²) in [5.74, 6) is -0.741. The number of carbonyl (C=O) groups is 3. The predicted molar refractivity (Wildman–Crippen MR) is 109 cm³/mol. The molecule has 6 nitrogen and oxygen atoms in total. The zero-order valence-electron chi connectivity index (χ0n) is 15.4. The van der Waals surface area contributed by atoms with Crippen molar-refractivity contribution in [3.8, 4) is 0 Å². The molecule has 28 heavy (non-hydrogen) atoms. The van der Waals surface area contributed by atoms with E-state index in [1.54, 1.807) is 36.4 Å². The first-order valence-electron chi connectivity index (χ1n) is 9.14. The lowest BCUT2D eigenvalue weighted by atomic mass is 10.1. The maximum atomic E-state index is 12.7. The second kappa shape index (κ2) is 9.41. The Morgan fingerprint density at radius 2 is 1.68 bits per heavy atom. The van der Waals surface area contributed by atoms with E-state index in [1.165, 1.54) is 11.8 Å². The topological polar surface area (TPSA) is 86.7 Å². The molecule has 0 saturated carbocycles. The summed E-state index contributed by atoms with van der Waals surface area (Å²) in [4.78, 5) is 38.3. The summed E-state index contributed by atoms with van der Waals surface area (Å²) in [7, 11) is 0. The van der Waals surface area contributed by atoms with Gasteiger partial charge in [0.1, 0.15) is 0 Å². The number of thioether (sulfide) groups is 1. The Kier molecular flexibility index (Phi) is 6.71. The van der Waals surface area contributed by atoms with Gasteiger partial charge in [0, 0.05) is 23.7 Å². The quantitative estimate of drug-likeness (QED) is 0.699. The van der Waals surface area contributed by atoms with E-state index >= 15 is 0 Å². The number of benzene rings is 2. The number of nitrogens with zero attached hydrogens (tertiary/aromatic N) is 1. The molecular weight excluding hydrogens is 376 g/mol. The number of nitrogens with one attached hydrogen (secondary N) is 1. The van der Waals surface area contributed by atoms with Gasteiger partial charge in [-0.3, -0.25) is 14.4 Å². The number of rotatable bonds is 7. The fraction of sp³-hybridized carbons (Fsp3) is 0.286. The number of amides is 2. The monoisotopic (exact) mass is 398 g/mol. The van der Waals surface area contributed by atoms with E-state index in [1.807, 2.05) is 17.0 Å². The van der Waals surface area contributed by atoms with E-state index in [-0.39, 0.29) is 18.2 Å². The van der Waals surface area contributed by atoms with E-state index in [0.717, 1.165) is 30.8 Å². The van der Waals surface area contributed by atoms with Crippen LogP contribution >= 0.6 is 11.8 Å². The van der Waals surface area contributed by atoms with Gasteiger partial charge >= 0.3 is 5.97 Å². The average molecular weight is 398 g/mol. The highest BCUT2D eigenvalue weighted by Gasteiger charge is 2.19. The third-order valence-electron chi connectivity index (χ3n) is 4.51. The lowest BCUT2D eigenvalue weighted by molar-refractivity contribution is -0.136. The van der Waals surface area contributed by atoms with Crippen molar-refractivity contribution < 1.29 is 19.5 Å². The Hall–Kier alpha value is -2.80. The lowest BCUT2D eigenvalue weighted by Gasteiger charge is -2.15. The Bertz CT molecular complexity index is 861. The minimum atomic E-state index is -0.897. The molecule has 2 aromatic rings. The van der Waals surface area contributed by atoms with Crippen molar-refractivity contribution in [1.82, 2.24) is 4.90 Å². The van der Waals surface area contributed by atoms with Crippen LogP contribution in [0.5, 0.6) is 0 Å². The fourth-order valence-electron chi connectivity index (χ4n) is 3.06. The highest BCUT2D eigenvalue weighted by Crippen LogP contribution is 2.25. The molecule has 0 spiro atoms. The van der Waals surface area contributed by atoms with E-state index in [4.69, 9.17) is 5.11 Å². The number of carbonyl (C=O) groups excluding carboxylic acids is 2. The van der Waals surface area contributed by atoms with E-state index < -0.39 is 5.97 Å². The van der Waals surface area contributed by atoms with Gasteiger partial charge in [0.05, 0.1) is 17.7 Å². The number of aliphatic carboxylic acids is 1. The molecule has 1 saturated heterocycles. The minimum absolute atomic E-state index is 0.0568. The van der Waals surface area contributed by atoms with Crippen molar-refractivity contribution in [2.75, 3.05) is 24.2 Å². The van der Waals surface area contributed by atoms with Crippen LogP contribution in [-0.4, -0.2) is 46.6 Å². The Labute approximate surface area is 167 Å². The second-order valence-corrected chi connectivity index (χ2v) is 7.61. The third kappa shape index (κ3) is 5.36. The Balaban J connectivity index is 1.63. The van der Waals surface area contributed by atoms with Crippen LogP contribution < -0.4 is 5.32 Å². The molecule has 0 bridgehead atoms. The molecule has 2 aromatic carbocycles. The van der Waals surface area contributed by atoms with E-state index in [9.17, 15) is 14.4 Å². The van der Waals surface area contributed by atoms with Crippen LogP contribution in [0, 0.1) is 0 Å². The number of likely N-dealkylation sites (tertiary alicyclic amines) is 1. The van der Waals surface area contributed by atoms with Crippen LogP contribution in [0.25, 0.3) is 0 Å². The van der Waals surface area contributed by atoms with Crippen LogP contribution in [0.1, 0.15) is 28.8 Å². The molecule has 0 aliphatic carbocycles. The van der Waals surface area contributed by atoms with Gasteiger partial charge in [0.15, 0.2) is 0 Å². The highest BCUT2D eigenvalue weighted by molar-refractivity contribution is 8.00. The number of carboxylic acid groups (broad SMARTS) is 1. The summed E-state index contributed by atoms with van der Waals surface area (Å²) in [6.45, 7) is 1.64. The van der Waals surface area contributed by atoms with Crippen molar-refractivity contribution in [1.29, 1.82) is 0 Å². The van der Waals surface area contributed by atoms with Crippen LogP contribution in [-0.2, 0) is 16.0 Å². The summed E-state index contributed by atoms with van der Waals surface area (Å²) in [5, 5.41) is 11.6. The number of carboxylic acids is 1. The van der Waals surface area contributed by atoms with Crippen molar-refractivity contribution in [2.24, 2.45) is 0 Å². The smallest absolute Gasteiger partial charge is 0.307 e. The largest absolute Gasteiger partial charge is 0.481 e. The van der Waals surface area contributed by atoms with E-state index in [2.05, 4.69) is 5.32 Å². The van der Waals surface area contributed by atoms with Gasteiger partial charge in [-0.25, -0.2) is 0 Å². The van der Waals surface area contributed by atoms with Crippen molar-refractivity contribution in [3.05, 3.63) is 59.7 Å². The molecule has 1 aliphatic rings. The molecule has 1 aliphatic heterocycles. The van der Waals surface area contributed by atoms with Gasteiger partial charge in [-0.1, -0.05) is 24.3 Å². The first-order chi connectivity index (χ1) is 13.5. The van der Waals surface area contributed by atoms with Crippen LogP contribution in [0.3, 0.4) is 0 Å². The summed E-state index contributed by atoms with van der Waals surface area (Å²) in [6.07, 6.45) is 2.06. The third-order valence-corrected chi connectivity index (χ3v) is 5.57. The Morgan fingerprint density at radius 3 is 2.36 bits per heavy atom. The van der Waals surface area contributed by atoms with Gasteiger partial charge in [0.2, 0.25) is 5.91 Å². The summed E-state index contributed by atoms with van der Waals surface area (Å²) < 4.78 is 0. The normalized spacial score (nSPS) is 13.4. The molecule has 1 heterocycles. The molecular formula is C21H22N2O4S. The minimum Gasteiger partial charge on any atom is -0.481 e. The zero-order valence-corrected chi connectivity index (χ0v) is 16.2. The van der Waals surface area contributed by atoms with Crippen molar-refractivity contribution >= 4 is 35.2 Å². The van der Waals surface area contributed by atoms with E-state index in [0.29, 0.717) is 22.6 Å². The lowest BCUT2D eigenvalue weighted by Crippen LogP contribution is -2.29. The number of hydrogen-bond acceptors (Lipinski definition) is 4. The molecule has 0 atom stereocenters. The average Bonchev–Trinajstić information content (AvgIpc) is 3.22. The van der Waals surface area contributed by atoms with Gasteiger partial charge in [0.25, 0.3) is 5.91 Å². The van der Waals surface area contributed by atoms with Crippen molar-refractivity contribution in [2.45, 2.75) is 24.2 Å². The maximum absolute atomic E-state index is 12.7. The molecule has 7 heteroatoms. The first-order valence-corrected chi connectivity index (χ1v) is 10.1. The summed E-state index contributed by atoms with van der Waals surface area (Å²) in [5.41, 5.74) is 1.77. The van der Waals surface area contributed by atoms with Gasteiger partial charge in [-0.05, 0) is 42.7 Å². The predicted octanol–water partition coefficient (Wildman–Crippen LogP) is 3.28. The molecule has 146 valence electrons. The fourth-order valence-corrected chi connectivity index (χ4v) is 4.01. The second-order valence-electron chi connectivity index (χ2n) is 6.59. The van der Waals surface area contributed by atoms with Crippen LogP contribution in [0.2, 0.25) is 0 Å². The van der Waals surface area contributed by atoms with Crippen molar-refractivity contribution in [3.63, 3.8) is 0 Å². The van der Waals surface area contributed by atoms with Gasteiger partial charge in [-0.2, -0.15) is 0 Å². The molecule has 0 unspecified atom stereocenters. The zero-order chi connectivity index (χ0) is 19.9. The summed E-state index contributed by atoms with van der Waals surface area (Å²) >= 11 is 1.37. The van der Waals surface area contributed by atoms with Crippen LogP contribution in [0.4, 0.5) is 5.69 Å². The highest BCUT2D eigenvalue weighted by atomic mass is 32.2. The van der Waals surface area contributed by atoms with Gasteiger partial charge < -0.3 is 15.3 Å². The molecule has 2 amide bonds. The molecule has 2 N–H and O–H groups in total. The summed E-state index contributed by atoms with van der Waals surface area (Å²) in [6, 6.07) is 13.9. The van der Waals surface area contributed by atoms with Crippen LogP contribution in [0.15, 0.2) is 53.4 Å². The van der Waals surface area contributed by atoms with Gasteiger partial charge in [-0.15, -0.1) is 11.8 Å².